The van der Waals surface area contributed by atoms with Gasteiger partial charge >= 0.3 is 0 Å². The molecule has 1 aromatic carbocycles. The first-order valence-electron chi connectivity index (χ1n) is 8.91. The molecule has 0 radical (unpaired) electrons. The van der Waals surface area contributed by atoms with Gasteiger partial charge < -0.3 is 19.9 Å². The van der Waals surface area contributed by atoms with E-state index in [0.29, 0.717) is 17.3 Å². The number of halogens is 1. The molecule has 7 nitrogen and oxygen atoms in total. The number of hydrogen-bond acceptors (Lipinski definition) is 4. The molecule has 1 atom stereocenters. The van der Waals surface area contributed by atoms with E-state index >= 15 is 0 Å². The molecule has 1 heterocycles. The molecule has 2 rings (SSSR count). The molecule has 0 spiro atoms. The lowest BCUT2D eigenvalue weighted by molar-refractivity contribution is 0.199. The number of aliphatic imine (C=N–C) groups is 1. The summed E-state index contributed by atoms with van der Waals surface area (Å²) >= 11 is 6.16. The van der Waals surface area contributed by atoms with Gasteiger partial charge in [-0.1, -0.05) is 30.7 Å². The second kappa shape index (κ2) is 11.4. The van der Waals surface area contributed by atoms with Crippen LogP contribution in [-0.4, -0.2) is 47.0 Å². The Morgan fingerprint density at radius 1 is 1.23 bits per heavy atom. The minimum atomic E-state index is 0.0159. The quantitative estimate of drug-likeness (QED) is 0.377. The van der Waals surface area contributed by atoms with Gasteiger partial charge in [-0.25, -0.2) is 0 Å². The Bertz CT molecular complexity index is 661. The topological polar surface area (TPSA) is 76.4 Å². The van der Waals surface area contributed by atoms with Crippen LogP contribution in [0.4, 0.5) is 0 Å². The molecule has 142 valence electrons. The molecule has 8 heteroatoms. The zero-order valence-electron chi connectivity index (χ0n) is 15.4. The summed E-state index contributed by atoms with van der Waals surface area (Å²) in [7, 11) is 1.77. The molecular formula is C18H27ClN6O. The third kappa shape index (κ3) is 6.92. The predicted molar refractivity (Wildman–Crippen MR) is 105 cm³/mol. The van der Waals surface area contributed by atoms with Crippen LogP contribution in [0.1, 0.15) is 26.2 Å². The Balaban J connectivity index is 1.67. The molecule has 0 bridgehead atoms. The first-order chi connectivity index (χ1) is 12.7. The van der Waals surface area contributed by atoms with Crippen LogP contribution in [0.25, 0.3) is 0 Å². The van der Waals surface area contributed by atoms with Crippen LogP contribution in [0.5, 0.6) is 5.75 Å². The molecular weight excluding hydrogens is 352 g/mol. The summed E-state index contributed by atoms with van der Waals surface area (Å²) in [5, 5.41) is 14.8. The predicted octanol–water partition coefficient (Wildman–Crippen LogP) is 2.73. The summed E-state index contributed by atoms with van der Waals surface area (Å²) in [6.07, 6.45) is 6.44. The Morgan fingerprint density at radius 3 is 2.69 bits per heavy atom. The molecule has 26 heavy (non-hydrogen) atoms. The van der Waals surface area contributed by atoms with Crippen LogP contribution in [0.15, 0.2) is 41.9 Å². The van der Waals surface area contributed by atoms with Crippen molar-refractivity contribution in [3.63, 3.8) is 0 Å². The van der Waals surface area contributed by atoms with Crippen LogP contribution >= 0.6 is 11.6 Å². The highest BCUT2D eigenvalue weighted by atomic mass is 35.5. The van der Waals surface area contributed by atoms with Gasteiger partial charge in [-0.2, -0.15) is 0 Å². The number of ether oxygens (including phenoxy) is 1. The van der Waals surface area contributed by atoms with Gasteiger partial charge in [-0.15, -0.1) is 10.2 Å². The Morgan fingerprint density at radius 2 is 2.00 bits per heavy atom. The number of guanidine groups is 1. The molecule has 1 aromatic heterocycles. The third-order valence-corrected chi connectivity index (χ3v) is 4.22. The highest BCUT2D eigenvalue weighted by Gasteiger charge is 2.11. The van der Waals surface area contributed by atoms with Crippen LogP contribution < -0.4 is 15.4 Å². The number of aryl methyl sites for hydroxylation is 1. The minimum Gasteiger partial charge on any atom is -0.487 e. The molecule has 0 amide bonds. The fraction of sp³-hybridized carbons (Fsp3) is 0.500. The summed E-state index contributed by atoms with van der Waals surface area (Å²) < 4.78 is 7.96. The molecule has 0 saturated heterocycles. The van der Waals surface area contributed by atoms with Gasteiger partial charge in [0.15, 0.2) is 5.96 Å². The third-order valence-electron chi connectivity index (χ3n) is 3.91. The van der Waals surface area contributed by atoms with Crippen molar-refractivity contribution in [1.82, 2.24) is 25.4 Å². The number of benzene rings is 1. The number of nitrogens with zero attached hydrogens (tertiary/aromatic N) is 4. The number of aromatic nitrogens is 3. The van der Waals surface area contributed by atoms with E-state index in [1.165, 1.54) is 0 Å². The van der Waals surface area contributed by atoms with E-state index in [1.807, 2.05) is 28.8 Å². The number of nitrogens with one attached hydrogen (secondary N) is 2. The first kappa shape index (κ1) is 20.0. The van der Waals surface area contributed by atoms with E-state index in [0.717, 1.165) is 38.3 Å². The molecule has 0 aliphatic heterocycles. The van der Waals surface area contributed by atoms with E-state index < -0.39 is 0 Å². The zero-order chi connectivity index (χ0) is 18.6. The fourth-order valence-corrected chi connectivity index (χ4v) is 2.56. The second-order valence-corrected chi connectivity index (χ2v) is 6.27. The van der Waals surface area contributed by atoms with Crippen molar-refractivity contribution in [2.75, 3.05) is 20.1 Å². The number of rotatable bonds is 10. The van der Waals surface area contributed by atoms with Crippen LogP contribution in [0.2, 0.25) is 5.02 Å². The molecule has 0 saturated carbocycles. The summed E-state index contributed by atoms with van der Waals surface area (Å²) in [5.41, 5.74) is 0. The maximum absolute atomic E-state index is 6.16. The standard InChI is InChI=1S/C18H27ClN6O/c1-3-15(26-17-9-5-4-8-16(17)19)12-22-18(20-2)21-10-6-7-11-25-13-23-24-14-25/h4-5,8-9,13-15H,3,6-7,10-12H2,1-2H3,(H2,20,21,22). The van der Waals surface area contributed by atoms with Gasteiger partial charge in [0.1, 0.15) is 24.5 Å². The largest absolute Gasteiger partial charge is 0.487 e. The Labute approximate surface area is 159 Å². The van der Waals surface area contributed by atoms with Crippen LogP contribution in [0, 0.1) is 0 Å². The normalized spacial score (nSPS) is 12.7. The van der Waals surface area contributed by atoms with Crippen molar-refractivity contribution in [2.45, 2.75) is 38.8 Å². The maximum atomic E-state index is 6.16. The molecule has 0 aliphatic rings. The van der Waals surface area contributed by atoms with Gasteiger partial charge in [0.25, 0.3) is 0 Å². The van der Waals surface area contributed by atoms with E-state index in [-0.39, 0.29) is 6.10 Å². The number of hydrogen-bond donors (Lipinski definition) is 2. The summed E-state index contributed by atoms with van der Waals surface area (Å²) in [5.74, 6) is 1.48. The first-order valence-corrected chi connectivity index (χ1v) is 9.28. The SMILES string of the molecule is CCC(CNC(=NC)NCCCCn1cnnc1)Oc1ccccc1Cl. The van der Waals surface area contributed by atoms with Crippen LogP contribution in [-0.2, 0) is 6.54 Å². The van der Waals surface area contributed by atoms with E-state index in [4.69, 9.17) is 16.3 Å². The lowest BCUT2D eigenvalue weighted by Gasteiger charge is -2.20. The van der Waals surface area contributed by atoms with Crippen LogP contribution in [0.3, 0.4) is 0 Å². The van der Waals surface area contributed by atoms with Crippen molar-refractivity contribution in [1.29, 1.82) is 0 Å². The summed E-state index contributed by atoms with van der Waals surface area (Å²) in [6, 6.07) is 7.52. The highest BCUT2D eigenvalue weighted by Crippen LogP contribution is 2.24. The van der Waals surface area contributed by atoms with Gasteiger partial charge in [-0.3, -0.25) is 4.99 Å². The van der Waals surface area contributed by atoms with Gasteiger partial charge in [-0.05, 0) is 31.4 Å². The number of para-hydroxylation sites is 1. The summed E-state index contributed by atoms with van der Waals surface area (Å²) in [6.45, 7) is 4.51. The van der Waals surface area contributed by atoms with Gasteiger partial charge in [0, 0.05) is 20.1 Å². The minimum absolute atomic E-state index is 0.0159. The monoisotopic (exact) mass is 378 g/mol. The maximum Gasteiger partial charge on any atom is 0.191 e. The van der Waals surface area contributed by atoms with Crippen molar-refractivity contribution >= 4 is 17.6 Å². The number of unbranched alkanes of at least 4 members (excludes halogenated alkanes) is 1. The lowest BCUT2D eigenvalue weighted by atomic mass is 10.2. The van der Waals surface area contributed by atoms with Gasteiger partial charge in [0.2, 0.25) is 0 Å². The van der Waals surface area contributed by atoms with Gasteiger partial charge in [0.05, 0.1) is 11.6 Å². The molecule has 2 aromatic rings. The van der Waals surface area contributed by atoms with Crippen molar-refractivity contribution in [3.05, 3.63) is 41.9 Å². The zero-order valence-corrected chi connectivity index (χ0v) is 16.1. The molecule has 0 aliphatic carbocycles. The summed E-state index contributed by atoms with van der Waals surface area (Å²) in [4.78, 5) is 4.25. The van der Waals surface area contributed by atoms with E-state index in [9.17, 15) is 0 Å². The van der Waals surface area contributed by atoms with Crippen molar-refractivity contribution < 1.29 is 4.74 Å². The lowest BCUT2D eigenvalue weighted by Crippen LogP contribution is -2.42. The smallest absolute Gasteiger partial charge is 0.191 e. The van der Waals surface area contributed by atoms with E-state index in [1.54, 1.807) is 19.7 Å². The highest BCUT2D eigenvalue weighted by molar-refractivity contribution is 6.32. The Kier molecular flexibility index (Phi) is 8.75. The Hall–Kier alpha value is -2.28. The average molecular weight is 379 g/mol. The van der Waals surface area contributed by atoms with E-state index in [2.05, 4.69) is 32.7 Å². The fourth-order valence-electron chi connectivity index (χ4n) is 2.38. The molecule has 2 N–H and O–H groups in total. The van der Waals surface area contributed by atoms with Crippen molar-refractivity contribution in [3.8, 4) is 5.75 Å². The van der Waals surface area contributed by atoms with Crippen molar-refractivity contribution in [2.24, 2.45) is 4.99 Å². The average Bonchev–Trinajstić information content (AvgIpc) is 3.17. The second-order valence-electron chi connectivity index (χ2n) is 5.87. The molecule has 1 unspecified atom stereocenters. The molecule has 0 fully saturated rings.